The minimum atomic E-state index is 0.0479. The summed E-state index contributed by atoms with van der Waals surface area (Å²) in [7, 11) is 0. The van der Waals surface area contributed by atoms with Gasteiger partial charge in [-0.25, -0.2) is 4.98 Å². The average molecular weight is 364 g/mol. The number of aromatic nitrogens is 1. The molecule has 2 heterocycles. The van der Waals surface area contributed by atoms with Crippen LogP contribution in [0.15, 0.2) is 36.5 Å². The monoisotopic (exact) mass is 363 g/mol. The molecule has 1 saturated heterocycles. The molecule has 1 aromatic heterocycles. The first-order valence-corrected chi connectivity index (χ1v) is 8.87. The van der Waals surface area contributed by atoms with E-state index in [0.717, 1.165) is 25.9 Å². The summed E-state index contributed by atoms with van der Waals surface area (Å²) in [5.41, 5.74) is 1.22. The molecule has 1 aromatic carbocycles. The zero-order valence-electron chi connectivity index (χ0n) is 13.3. The lowest BCUT2D eigenvalue weighted by Gasteiger charge is -2.20. The summed E-state index contributed by atoms with van der Waals surface area (Å²) in [6, 6.07) is 8.85. The van der Waals surface area contributed by atoms with E-state index in [1.807, 2.05) is 4.90 Å². The van der Waals surface area contributed by atoms with Crippen LogP contribution in [0.4, 0.5) is 11.5 Å². The highest BCUT2D eigenvalue weighted by molar-refractivity contribution is 6.39. The first-order valence-electron chi connectivity index (χ1n) is 8.11. The maximum Gasteiger partial charge on any atom is 0.255 e. The third-order valence-electron chi connectivity index (χ3n) is 4.12. The maximum atomic E-state index is 12.6. The van der Waals surface area contributed by atoms with Crippen LogP contribution < -0.4 is 5.32 Å². The number of hydrogen-bond acceptors (Lipinski definition) is 3. The number of para-hydroxylation sites is 1. The van der Waals surface area contributed by atoms with Crippen molar-refractivity contribution in [1.82, 2.24) is 9.88 Å². The highest BCUT2D eigenvalue weighted by Gasteiger charge is 2.17. The second kappa shape index (κ2) is 7.86. The Morgan fingerprint density at radius 1 is 1.00 bits per heavy atom. The molecule has 126 valence electrons. The molecule has 0 spiro atoms. The van der Waals surface area contributed by atoms with Crippen molar-refractivity contribution in [2.75, 3.05) is 18.4 Å². The van der Waals surface area contributed by atoms with Gasteiger partial charge in [0.1, 0.15) is 5.82 Å². The fraction of sp³-hybridized carbons (Fsp3) is 0.333. The summed E-state index contributed by atoms with van der Waals surface area (Å²) < 4.78 is 0. The molecule has 1 aliphatic rings. The van der Waals surface area contributed by atoms with Crippen molar-refractivity contribution in [2.45, 2.75) is 25.7 Å². The predicted octanol–water partition coefficient (Wildman–Crippen LogP) is 5.15. The lowest BCUT2D eigenvalue weighted by molar-refractivity contribution is 0.0761. The van der Waals surface area contributed by atoms with E-state index in [4.69, 9.17) is 23.2 Å². The van der Waals surface area contributed by atoms with Crippen molar-refractivity contribution >= 4 is 40.6 Å². The summed E-state index contributed by atoms with van der Waals surface area (Å²) in [6.07, 6.45) is 6.14. The number of benzene rings is 1. The Balaban J connectivity index is 1.72. The lowest BCUT2D eigenvalue weighted by atomic mass is 10.2. The Hall–Kier alpha value is -1.78. The molecule has 1 N–H and O–H groups in total. The highest BCUT2D eigenvalue weighted by atomic mass is 35.5. The molecule has 6 heteroatoms. The fourth-order valence-electron chi connectivity index (χ4n) is 2.80. The zero-order chi connectivity index (χ0) is 16.9. The normalized spacial score (nSPS) is 15.0. The number of nitrogens with one attached hydrogen (secondary N) is 1. The van der Waals surface area contributed by atoms with Crippen LogP contribution >= 0.6 is 23.2 Å². The van der Waals surface area contributed by atoms with E-state index >= 15 is 0 Å². The molecule has 0 aliphatic carbocycles. The van der Waals surface area contributed by atoms with Crippen molar-refractivity contribution in [1.29, 1.82) is 0 Å². The average Bonchev–Trinajstić information content (AvgIpc) is 2.88. The fourth-order valence-corrected chi connectivity index (χ4v) is 3.29. The number of pyridine rings is 1. The third kappa shape index (κ3) is 4.00. The molecule has 0 atom stereocenters. The summed E-state index contributed by atoms with van der Waals surface area (Å²) in [5.74, 6) is 0.643. The lowest BCUT2D eigenvalue weighted by Crippen LogP contribution is -2.31. The second-order valence-corrected chi connectivity index (χ2v) is 6.67. The zero-order valence-corrected chi connectivity index (χ0v) is 14.8. The van der Waals surface area contributed by atoms with E-state index < -0.39 is 0 Å². The van der Waals surface area contributed by atoms with Crippen LogP contribution in [0, 0.1) is 0 Å². The van der Waals surface area contributed by atoms with Gasteiger partial charge in [0.15, 0.2) is 0 Å². The highest BCUT2D eigenvalue weighted by Crippen LogP contribution is 2.32. The number of rotatable bonds is 3. The number of anilines is 2. The van der Waals surface area contributed by atoms with E-state index in [1.165, 1.54) is 12.8 Å². The van der Waals surface area contributed by atoms with Gasteiger partial charge in [0.05, 0.1) is 21.3 Å². The van der Waals surface area contributed by atoms with Gasteiger partial charge >= 0.3 is 0 Å². The van der Waals surface area contributed by atoms with E-state index in [9.17, 15) is 4.79 Å². The quantitative estimate of drug-likeness (QED) is 0.819. The third-order valence-corrected chi connectivity index (χ3v) is 4.75. The number of amides is 1. The smallest absolute Gasteiger partial charge is 0.255 e. The van der Waals surface area contributed by atoms with Crippen LogP contribution in [0.1, 0.15) is 36.0 Å². The largest absolute Gasteiger partial charge is 0.339 e. The number of carbonyl (C=O) groups is 1. The Kier molecular flexibility index (Phi) is 5.59. The summed E-state index contributed by atoms with van der Waals surface area (Å²) in [6.45, 7) is 1.65. The number of halogens is 2. The molecule has 0 saturated carbocycles. The summed E-state index contributed by atoms with van der Waals surface area (Å²) in [4.78, 5) is 18.8. The minimum Gasteiger partial charge on any atom is -0.339 e. The molecule has 2 aromatic rings. The van der Waals surface area contributed by atoms with Crippen LogP contribution in [0.2, 0.25) is 10.0 Å². The van der Waals surface area contributed by atoms with Crippen LogP contribution in [0.3, 0.4) is 0 Å². The van der Waals surface area contributed by atoms with Gasteiger partial charge in [-0.05, 0) is 37.1 Å². The van der Waals surface area contributed by atoms with Gasteiger partial charge in [0.25, 0.3) is 5.91 Å². The standard InChI is InChI=1S/C18H19Cl2N3O/c19-14-6-5-7-15(20)17(14)22-16-9-8-13(12-21-16)18(24)23-10-3-1-2-4-11-23/h5-9,12H,1-4,10-11H2,(H,21,22). The van der Waals surface area contributed by atoms with E-state index in [1.54, 1.807) is 36.5 Å². The van der Waals surface area contributed by atoms with E-state index in [-0.39, 0.29) is 5.91 Å². The second-order valence-electron chi connectivity index (χ2n) is 5.86. The Morgan fingerprint density at radius 2 is 1.67 bits per heavy atom. The number of carbonyl (C=O) groups excluding carboxylic acids is 1. The Morgan fingerprint density at radius 3 is 2.25 bits per heavy atom. The van der Waals surface area contributed by atoms with Gasteiger partial charge < -0.3 is 10.2 Å². The molecule has 0 unspecified atom stereocenters. The van der Waals surface area contributed by atoms with Gasteiger partial charge in [0.2, 0.25) is 0 Å². The van der Waals surface area contributed by atoms with Crippen LogP contribution in [-0.2, 0) is 0 Å². The van der Waals surface area contributed by atoms with Gasteiger partial charge in [-0.2, -0.15) is 0 Å². The molecule has 1 amide bonds. The molecule has 0 radical (unpaired) electrons. The van der Waals surface area contributed by atoms with Gasteiger partial charge in [-0.1, -0.05) is 42.1 Å². The number of nitrogens with zero attached hydrogens (tertiary/aromatic N) is 2. The molecular formula is C18H19Cl2N3O. The summed E-state index contributed by atoms with van der Waals surface area (Å²) >= 11 is 12.3. The molecule has 4 nitrogen and oxygen atoms in total. The van der Waals surface area contributed by atoms with Gasteiger partial charge in [-0.3, -0.25) is 4.79 Å². The molecule has 3 rings (SSSR count). The van der Waals surface area contributed by atoms with Crippen molar-refractivity contribution in [3.05, 3.63) is 52.1 Å². The molecule has 1 aliphatic heterocycles. The minimum absolute atomic E-state index is 0.0479. The van der Waals surface area contributed by atoms with Crippen LogP contribution in [0.5, 0.6) is 0 Å². The first kappa shape index (κ1) is 17.1. The van der Waals surface area contributed by atoms with Crippen LogP contribution in [0.25, 0.3) is 0 Å². The van der Waals surface area contributed by atoms with Crippen molar-refractivity contribution in [3.8, 4) is 0 Å². The maximum absolute atomic E-state index is 12.6. The first-order chi connectivity index (χ1) is 11.6. The van der Waals surface area contributed by atoms with Gasteiger partial charge in [0, 0.05) is 19.3 Å². The predicted molar refractivity (Wildman–Crippen MR) is 98.4 cm³/mol. The topological polar surface area (TPSA) is 45.2 Å². The molecule has 1 fully saturated rings. The number of likely N-dealkylation sites (tertiary alicyclic amines) is 1. The molecule has 24 heavy (non-hydrogen) atoms. The van der Waals surface area contributed by atoms with Crippen molar-refractivity contribution in [3.63, 3.8) is 0 Å². The number of hydrogen-bond donors (Lipinski definition) is 1. The Labute approximate surface area is 151 Å². The van der Waals surface area contributed by atoms with Crippen molar-refractivity contribution < 1.29 is 4.79 Å². The van der Waals surface area contributed by atoms with E-state index in [0.29, 0.717) is 27.1 Å². The van der Waals surface area contributed by atoms with E-state index in [2.05, 4.69) is 10.3 Å². The van der Waals surface area contributed by atoms with Crippen LogP contribution in [-0.4, -0.2) is 28.9 Å². The Bertz CT molecular complexity index is 690. The SMILES string of the molecule is O=C(c1ccc(Nc2c(Cl)cccc2Cl)nc1)N1CCCCCC1. The summed E-state index contributed by atoms with van der Waals surface area (Å²) in [5, 5.41) is 4.14. The molecular weight excluding hydrogens is 345 g/mol. The van der Waals surface area contributed by atoms with Crippen molar-refractivity contribution in [2.24, 2.45) is 0 Å². The molecule has 0 bridgehead atoms. The van der Waals surface area contributed by atoms with Gasteiger partial charge in [-0.15, -0.1) is 0 Å².